The Bertz CT molecular complexity index is 1630. The maximum Gasteiger partial charge on any atom is 0.151 e. The second-order valence-corrected chi connectivity index (χ2v) is 9.05. The van der Waals surface area contributed by atoms with Crippen LogP contribution in [0.5, 0.6) is 11.5 Å². The summed E-state index contributed by atoms with van der Waals surface area (Å²) >= 11 is 0. The topological polar surface area (TPSA) is 36.3 Å². The van der Waals surface area contributed by atoms with Crippen LogP contribution in [0.4, 0.5) is 17.1 Å². The van der Waals surface area contributed by atoms with Gasteiger partial charge in [0.05, 0.1) is 28.7 Å². The largest absolute Gasteiger partial charge is 0.453 e. The number of hydrogen-bond donors (Lipinski definition) is 0. The minimum absolute atomic E-state index is 0.759. The summed E-state index contributed by atoms with van der Waals surface area (Å²) in [5.41, 5.74) is 9.39. The molecule has 5 aromatic rings. The lowest BCUT2D eigenvalue weighted by molar-refractivity contribution is 0.477. The van der Waals surface area contributed by atoms with Gasteiger partial charge in [0.25, 0.3) is 0 Å². The molecule has 0 aliphatic carbocycles. The van der Waals surface area contributed by atoms with E-state index >= 15 is 0 Å². The summed E-state index contributed by atoms with van der Waals surface area (Å²) in [6.07, 6.45) is 0. The summed E-state index contributed by atoms with van der Waals surface area (Å²) < 4.78 is 6.23. The molecular formula is C32H24N2O. The minimum atomic E-state index is 0.759. The Labute approximate surface area is 205 Å². The Morgan fingerprint density at radius 1 is 0.657 bits per heavy atom. The zero-order valence-corrected chi connectivity index (χ0v) is 20.0. The smallest absolute Gasteiger partial charge is 0.151 e. The fourth-order valence-corrected chi connectivity index (χ4v) is 5.44. The molecule has 1 aliphatic heterocycles. The number of nitriles is 1. The van der Waals surface area contributed by atoms with Gasteiger partial charge in [-0.2, -0.15) is 5.26 Å². The summed E-state index contributed by atoms with van der Waals surface area (Å²) in [5, 5.41) is 12.1. The van der Waals surface area contributed by atoms with E-state index in [4.69, 9.17) is 4.74 Å². The van der Waals surface area contributed by atoms with Crippen LogP contribution in [-0.4, -0.2) is 0 Å². The predicted octanol–water partition coefficient (Wildman–Crippen LogP) is 8.88. The molecular weight excluding hydrogens is 428 g/mol. The molecule has 168 valence electrons. The molecule has 5 aromatic carbocycles. The van der Waals surface area contributed by atoms with Crippen molar-refractivity contribution in [1.82, 2.24) is 0 Å². The highest BCUT2D eigenvalue weighted by molar-refractivity contribution is 6.07. The first-order chi connectivity index (χ1) is 17.1. The molecule has 0 N–H and O–H groups in total. The summed E-state index contributed by atoms with van der Waals surface area (Å²) in [5.74, 6) is 1.67. The first kappa shape index (κ1) is 21.0. The maximum absolute atomic E-state index is 9.81. The van der Waals surface area contributed by atoms with Gasteiger partial charge in [0, 0.05) is 5.39 Å². The van der Waals surface area contributed by atoms with Gasteiger partial charge >= 0.3 is 0 Å². The lowest BCUT2D eigenvalue weighted by Crippen LogP contribution is -2.16. The second kappa shape index (κ2) is 8.04. The van der Waals surface area contributed by atoms with E-state index in [9.17, 15) is 5.26 Å². The van der Waals surface area contributed by atoms with Gasteiger partial charge in [-0.1, -0.05) is 60.7 Å². The van der Waals surface area contributed by atoms with Crippen molar-refractivity contribution in [2.45, 2.75) is 20.8 Å². The number of ether oxygens (including phenoxy) is 1. The molecule has 0 saturated heterocycles. The number of hydrogen-bond acceptors (Lipinski definition) is 3. The first-order valence-electron chi connectivity index (χ1n) is 11.8. The number of benzene rings is 5. The molecule has 35 heavy (non-hydrogen) atoms. The molecule has 0 bridgehead atoms. The Hall–Kier alpha value is -4.55. The maximum atomic E-state index is 9.81. The highest BCUT2D eigenvalue weighted by Gasteiger charge is 2.26. The van der Waals surface area contributed by atoms with Crippen LogP contribution >= 0.6 is 0 Å². The molecule has 0 saturated carbocycles. The summed E-state index contributed by atoms with van der Waals surface area (Å²) in [6.45, 7) is 6.20. The van der Waals surface area contributed by atoms with Gasteiger partial charge in [-0.05, 0) is 84.3 Å². The zero-order valence-electron chi connectivity index (χ0n) is 20.0. The lowest BCUT2D eigenvalue weighted by Gasteiger charge is -2.33. The number of aryl methyl sites for hydroxylation is 2. The molecule has 0 amide bonds. The van der Waals surface area contributed by atoms with Crippen molar-refractivity contribution in [2.75, 3.05) is 4.90 Å². The van der Waals surface area contributed by atoms with Crippen molar-refractivity contribution in [3.63, 3.8) is 0 Å². The van der Waals surface area contributed by atoms with Crippen molar-refractivity contribution in [1.29, 1.82) is 5.26 Å². The Kier molecular flexibility index (Phi) is 4.83. The van der Waals surface area contributed by atoms with E-state index in [1.54, 1.807) is 0 Å². The molecule has 0 atom stereocenters. The van der Waals surface area contributed by atoms with Crippen molar-refractivity contribution in [3.8, 4) is 28.7 Å². The van der Waals surface area contributed by atoms with Crippen LogP contribution in [0, 0.1) is 32.1 Å². The van der Waals surface area contributed by atoms with E-state index in [0.29, 0.717) is 0 Å². The van der Waals surface area contributed by atoms with E-state index in [1.807, 2.05) is 43.3 Å². The Morgan fingerprint density at radius 2 is 1.26 bits per heavy atom. The third-order valence-electron chi connectivity index (χ3n) is 6.93. The molecule has 1 heterocycles. The van der Waals surface area contributed by atoms with Crippen LogP contribution in [0.2, 0.25) is 0 Å². The fraction of sp³-hybridized carbons (Fsp3) is 0.0938. The minimum Gasteiger partial charge on any atom is -0.453 e. The lowest BCUT2D eigenvalue weighted by atomic mass is 9.87. The van der Waals surface area contributed by atoms with Gasteiger partial charge in [-0.15, -0.1) is 0 Å². The van der Waals surface area contributed by atoms with Crippen LogP contribution in [0.25, 0.3) is 21.9 Å². The number of anilines is 3. The van der Waals surface area contributed by atoms with Crippen LogP contribution in [-0.2, 0) is 0 Å². The zero-order chi connectivity index (χ0) is 24.1. The normalized spacial score (nSPS) is 12.0. The molecule has 0 unspecified atom stereocenters. The molecule has 6 rings (SSSR count). The molecule has 3 heteroatoms. The molecule has 0 radical (unpaired) electrons. The van der Waals surface area contributed by atoms with Crippen LogP contribution in [0.1, 0.15) is 22.3 Å². The number of para-hydroxylation sites is 4. The van der Waals surface area contributed by atoms with Gasteiger partial charge in [0.1, 0.15) is 0 Å². The average molecular weight is 453 g/mol. The van der Waals surface area contributed by atoms with E-state index in [0.717, 1.165) is 67.2 Å². The molecule has 0 spiro atoms. The Morgan fingerprint density at radius 3 is 1.94 bits per heavy atom. The van der Waals surface area contributed by atoms with Gasteiger partial charge in [0.15, 0.2) is 11.5 Å². The van der Waals surface area contributed by atoms with Crippen LogP contribution in [0.15, 0.2) is 91.0 Å². The standard InChI is InChI=1S/C32H24N2O/c1-20-18-21(2)32(22(3)26(20)19-33)25-12-8-11-24-23(25)10-9-15-27(24)34-28-13-4-6-16-30(28)35-31-17-7-5-14-29(31)34/h4-18H,1-3H3. The van der Waals surface area contributed by atoms with Gasteiger partial charge in [-0.3, -0.25) is 0 Å². The monoisotopic (exact) mass is 452 g/mol. The predicted molar refractivity (Wildman–Crippen MR) is 143 cm³/mol. The Balaban J connectivity index is 1.65. The van der Waals surface area contributed by atoms with Crippen LogP contribution < -0.4 is 9.64 Å². The quantitative estimate of drug-likeness (QED) is 0.263. The first-order valence-corrected chi connectivity index (χ1v) is 11.8. The van der Waals surface area contributed by atoms with Crippen LogP contribution in [0.3, 0.4) is 0 Å². The van der Waals surface area contributed by atoms with E-state index in [-0.39, 0.29) is 0 Å². The summed E-state index contributed by atoms with van der Waals surface area (Å²) in [6, 6.07) is 33.8. The molecule has 3 nitrogen and oxygen atoms in total. The van der Waals surface area contributed by atoms with Crippen molar-refractivity contribution < 1.29 is 4.74 Å². The molecule has 0 fully saturated rings. The second-order valence-electron chi connectivity index (χ2n) is 9.05. The number of nitrogens with zero attached hydrogens (tertiary/aromatic N) is 2. The fourth-order valence-electron chi connectivity index (χ4n) is 5.44. The van der Waals surface area contributed by atoms with E-state index in [1.165, 1.54) is 5.56 Å². The van der Waals surface area contributed by atoms with Crippen molar-refractivity contribution >= 4 is 27.8 Å². The SMILES string of the molecule is Cc1cc(C)c(-c2cccc3c(N4c5ccccc5Oc5ccccc54)cccc23)c(C)c1C#N. The summed E-state index contributed by atoms with van der Waals surface area (Å²) in [4.78, 5) is 2.29. The number of rotatable bonds is 2. The van der Waals surface area contributed by atoms with E-state index in [2.05, 4.69) is 79.4 Å². The van der Waals surface area contributed by atoms with E-state index < -0.39 is 0 Å². The summed E-state index contributed by atoms with van der Waals surface area (Å²) in [7, 11) is 0. The highest BCUT2D eigenvalue weighted by atomic mass is 16.5. The number of fused-ring (bicyclic) bond motifs is 3. The third-order valence-corrected chi connectivity index (χ3v) is 6.93. The van der Waals surface area contributed by atoms with Crippen molar-refractivity contribution in [3.05, 3.63) is 113 Å². The van der Waals surface area contributed by atoms with Crippen molar-refractivity contribution in [2.24, 2.45) is 0 Å². The van der Waals surface area contributed by atoms with Gasteiger partial charge in [-0.25, -0.2) is 0 Å². The molecule has 1 aliphatic rings. The average Bonchev–Trinajstić information content (AvgIpc) is 2.87. The third kappa shape index (κ3) is 3.19. The highest BCUT2D eigenvalue weighted by Crippen LogP contribution is 2.52. The van der Waals surface area contributed by atoms with Gasteiger partial charge < -0.3 is 9.64 Å². The molecule has 0 aromatic heterocycles. The van der Waals surface area contributed by atoms with Gasteiger partial charge in [0.2, 0.25) is 0 Å².